The molecule has 1 amide bonds. The Labute approximate surface area is 174 Å². The predicted molar refractivity (Wildman–Crippen MR) is 115 cm³/mol. The van der Waals surface area contributed by atoms with Gasteiger partial charge in [0.25, 0.3) is 5.91 Å². The molecule has 0 fully saturated rings. The van der Waals surface area contributed by atoms with Crippen LogP contribution in [0.25, 0.3) is 0 Å². The highest BCUT2D eigenvalue weighted by Crippen LogP contribution is 2.35. The average molecular weight is 409 g/mol. The molecule has 3 aromatic carbocycles. The van der Waals surface area contributed by atoms with Gasteiger partial charge in [-0.15, -0.1) is 0 Å². The minimum atomic E-state index is -0.218. The second kappa shape index (κ2) is 8.45. The van der Waals surface area contributed by atoms with Crippen LogP contribution in [0.3, 0.4) is 0 Å². The Morgan fingerprint density at radius 1 is 1.14 bits per heavy atom. The van der Waals surface area contributed by atoms with Crippen LogP contribution >= 0.6 is 11.6 Å². The number of benzene rings is 3. The fourth-order valence-corrected chi connectivity index (χ4v) is 3.29. The van der Waals surface area contributed by atoms with Crippen LogP contribution in [0, 0.1) is 6.92 Å². The molecule has 0 aromatic heterocycles. The van der Waals surface area contributed by atoms with E-state index in [9.17, 15) is 4.79 Å². The van der Waals surface area contributed by atoms with Gasteiger partial charge in [-0.3, -0.25) is 4.79 Å². The van der Waals surface area contributed by atoms with Crippen molar-refractivity contribution in [2.24, 2.45) is 0 Å². The highest BCUT2D eigenvalue weighted by molar-refractivity contribution is 6.30. The molecule has 148 valence electrons. The standard InChI is InChI=1S/C23H21ClN2O3/c1-15-4-2-3-5-20(15)28-14-22(27)25-18-10-11-21-19(13-18)26-23(29-21)12-16-6-8-17(24)9-7-16/h2-11,13,23,26H,12,14H2,1H3,(H,25,27). The van der Waals surface area contributed by atoms with Gasteiger partial charge in [0.05, 0.1) is 5.69 Å². The van der Waals surface area contributed by atoms with Gasteiger partial charge in [0.2, 0.25) is 0 Å². The second-order valence-corrected chi connectivity index (χ2v) is 7.33. The summed E-state index contributed by atoms with van der Waals surface area (Å²) in [5, 5.41) is 6.91. The molecule has 0 radical (unpaired) electrons. The maximum atomic E-state index is 12.2. The van der Waals surface area contributed by atoms with Crippen LogP contribution in [-0.4, -0.2) is 18.7 Å². The highest BCUT2D eigenvalue weighted by Gasteiger charge is 2.22. The van der Waals surface area contributed by atoms with E-state index in [-0.39, 0.29) is 18.7 Å². The Kier molecular flexibility index (Phi) is 5.58. The molecule has 2 N–H and O–H groups in total. The third-order valence-electron chi connectivity index (χ3n) is 4.64. The summed E-state index contributed by atoms with van der Waals surface area (Å²) in [6.45, 7) is 1.89. The highest BCUT2D eigenvalue weighted by atomic mass is 35.5. The molecular formula is C23H21ClN2O3. The van der Waals surface area contributed by atoms with Crippen molar-refractivity contribution < 1.29 is 14.3 Å². The minimum absolute atomic E-state index is 0.0505. The van der Waals surface area contributed by atoms with Gasteiger partial charge in [0.1, 0.15) is 11.5 Å². The van der Waals surface area contributed by atoms with Crippen LogP contribution in [0.5, 0.6) is 11.5 Å². The number of anilines is 2. The Bertz CT molecular complexity index is 1020. The van der Waals surface area contributed by atoms with Crippen LogP contribution < -0.4 is 20.1 Å². The molecule has 1 heterocycles. The SMILES string of the molecule is Cc1ccccc1OCC(=O)Nc1ccc2c(c1)NC(Cc1ccc(Cl)cc1)O2. The van der Waals surface area contributed by atoms with E-state index in [0.717, 1.165) is 22.6 Å². The summed E-state index contributed by atoms with van der Waals surface area (Å²) in [7, 11) is 0. The lowest BCUT2D eigenvalue weighted by atomic mass is 10.1. The first-order valence-corrected chi connectivity index (χ1v) is 9.74. The number of para-hydroxylation sites is 1. The van der Waals surface area contributed by atoms with Crippen molar-refractivity contribution >= 4 is 28.9 Å². The molecule has 0 spiro atoms. The van der Waals surface area contributed by atoms with Crippen molar-refractivity contribution in [3.63, 3.8) is 0 Å². The van der Waals surface area contributed by atoms with Crippen molar-refractivity contribution in [3.05, 3.63) is 82.9 Å². The second-order valence-electron chi connectivity index (χ2n) is 6.89. The van der Waals surface area contributed by atoms with Gasteiger partial charge in [-0.2, -0.15) is 0 Å². The van der Waals surface area contributed by atoms with E-state index in [1.54, 1.807) is 0 Å². The van der Waals surface area contributed by atoms with E-state index in [4.69, 9.17) is 21.1 Å². The molecule has 0 bridgehead atoms. The molecule has 1 aliphatic rings. The van der Waals surface area contributed by atoms with Crippen molar-refractivity contribution in [1.29, 1.82) is 0 Å². The summed E-state index contributed by atoms with van der Waals surface area (Å²) in [4.78, 5) is 12.2. The lowest BCUT2D eigenvalue weighted by molar-refractivity contribution is -0.118. The summed E-state index contributed by atoms with van der Waals surface area (Å²) in [6.07, 6.45) is 0.541. The zero-order chi connectivity index (χ0) is 20.2. The number of carbonyl (C=O) groups is 1. The van der Waals surface area contributed by atoms with E-state index in [0.29, 0.717) is 22.9 Å². The maximum Gasteiger partial charge on any atom is 0.262 e. The van der Waals surface area contributed by atoms with Crippen LogP contribution in [-0.2, 0) is 11.2 Å². The van der Waals surface area contributed by atoms with Crippen LogP contribution in [0.4, 0.5) is 11.4 Å². The predicted octanol–water partition coefficient (Wildman–Crippen LogP) is 5.04. The van der Waals surface area contributed by atoms with Crippen molar-refractivity contribution in [2.45, 2.75) is 19.6 Å². The quantitative estimate of drug-likeness (QED) is 0.600. The summed E-state index contributed by atoms with van der Waals surface area (Å²) in [6, 6.07) is 20.8. The largest absolute Gasteiger partial charge is 0.483 e. The number of hydrogen-bond donors (Lipinski definition) is 2. The summed E-state index contributed by atoms with van der Waals surface area (Å²) in [5.74, 6) is 1.25. The third kappa shape index (κ3) is 4.81. The van der Waals surface area contributed by atoms with Gasteiger partial charge in [-0.1, -0.05) is 41.9 Å². The number of carbonyl (C=O) groups excluding carboxylic acids is 1. The molecule has 5 nitrogen and oxygen atoms in total. The molecule has 0 saturated heterocycles. The lowest BCUT2D eigenvalue weighted by Gasteiger charge is -2.11. The van der Waals surface area contributed by atoms with Gasteiger partial charge in [0.15, 0.2) is 12.8 Å². The molecule has 1 unspecified atom stereocenters. The first-order valence-electron chi connectivity index (χ1n) is 9.37. The Hall–Kier alpha value is -3.18. The Morgan fingerprint density at radius 3 is 2.72 bits per heavy atom. The van der Waals surface area contributed by atoms with Gasteiger partial charge in [0, 0.05) is 17.1 Å². The topological polar surface area (TPSA) is 59.6 Å². The first kappa shape index (κ1) is 19.2. The third-order valence-corrected chi connectivity index (χ3v) is 4.89. The van der Waals surface area contributed by atoms with Crippen molar-refractivity contribution in [1.82, 2.24) is 0 Å². The molecular weight excluding hydrogens is 388 g/mol. The average Bonchev–Trinajstić information content (AvgIpc) is 3.10. The minimum Gasteiger partial charge on any atom is -0.483 e. The molecule has 0 saturated carbocycles. The van der Waals surface area contributed by atoms with Gasteiger partial charge < -0.3 is 20.1 Å². The number of hydrogen-bond acceptors (Lipinski definition) is 4. The number of rotatable bonds is 6. The van der Waals surface area contributed by atoms with Crippen molar-refractivity contribution in [3.8, 4) is 11.5 Å². The fraction of sp³-hybridized carbons (Fsp3) is 0.174. The maximum absolute atomic E-state index is 12.2. The summed E-state index contributed by atoms with van der Waals surface area (Å²) < 4.78 is 11.5. The van der Waals surface area contributed by atoms with E-state index in [1.807, 2.05) is 73.7 Å². The van der Waals surface area contributed by atoms with E-state index in [2.05, 4.69) is 10.6 Å². The summed E-state index contributed by atoms with van der Waals surface area (Å²) in [5.41, 5.74) is 3.65. The molecule has 0 aliphatic carbocycles. The number of ether oxygens (including phenoxy) is 2. The molecule has 4 rings (SSSR count). The van der Waals surface area contributed by atoms with Crippen molar-refractivity contribution in [2.75, 3.05) is 17.2 Å². The number of fused-ring (bicyclic) bond motifs is 1. The monoisotopic (exact) mass is 408 g/mol. The number of halogens is 1. The van der Waals surface area contributed by atoms with Crippen LogP contribution in [0.2, 0.25) is 5.02 Å². The van der Waals surface area contributed by atoms with Gasteiger partial charge in [-0.05, 0) is 54.4 Å². The number of aryl methyl sites for hydroxylation is 1. The van der Waals surface area contributed by atoms with Gasteiger partial charge in [-0.25, -0.2) is 0 Å². The van der Waals surface area contributed by atoms with Crippen LogP contribution in [0.1, 0.15) is 11.1 Å². The zero-order valence-electron chi connectivity index (χ0n) is 15.9. The van der Waals surface area contributed by atoms with E-state index >= 15 is 0 Å². The molecule has 29 heavy (non-hydrogen) atoms. The first-order chi connectivity index (χ1) is 14.1. The fourth-order valence-electron chi connectivity index (χ4n) is 3.17. The molecule has 6 heteroatoms. The van der Waals surface area contributed by atoms with Gasteiger partial charge >= 0.3 is 0 Å². The zero-order valence-corrected chi connectivity index (χ0v) is 16.7. The number of nitrogens with one attached hydrogen (secondary N) is 2. The number of amides is 1. The molecule has 1 atom stereocenters. The van der Waals surface area contributed by atoms with E-state index in [1.165, 1.54) is 0 Å². The molecule has 1 aliphatic heterocycles. The van der Waals surface area contributed by atoms with E-state index < -0.39 is 0 Å². The lowest BCUT2D eigenvalue weighted by Crippen LogP contribution is -2.22. The Balaban J connectivity index is 1.33. The van der Waals surface area contributed by atoms with Crippen LogP contribution in [0.15, 0.2) is 66.7 Å². The summed E-state index contributed by atoms with van der Waals surface area (Å²) >= 11 is 5.93. The molecule has 3 aromatic rings. The normalized spacial score (nSPS) is 14.5. The Morgan fingerprint density at radius 2 is 1.93 bits per heavy atom. The smallest absolute Gasteiger partial charge is 0.262 e.